The Balaban J connectivity index is 2.87. The quantitative estimate of drug-likeness (QED) is 0.740. The molecule has 1 heterocycles. The minimum Gasteiger partial charge on any atom is -0.330 e. The van der Waals surface area contributed by atoms with Crippen molar-refractivity contribution in [3.63, 3.8) is 0 Å². The highest BCUT2D eigenvalue weighted by atomic mass is 79.9. The van der Waals surface area contributed by atoms with Gasteiger partial charge in [-0.3, -0.25) is 0 Å². The Kier molecular flexibility index (Phi) is 2.49. The van der Waals surface area contributed by atoms with Crippen molar-refractivity contribution in [3.8, 4) is 0 Å². The van der Waals surface area contributed by atoms with Gasteiger partial charge in [-0.25, -0.2) is 4.98 Å². The predicted molar refractivity (Wildman–Crippen MR) is 49.8 cm³/mol. The topological polar surface area (TPSA) is 17.8 Å². The third-order valence-electron chi connectivity index (χ3n) is 1.69. The average Bonchev–Trinajstić information content (AvgIpc) is 2.18. The van der Waals surface area contributed by atoms with Crippen LogP contribution in [0.2, 0.25) is 0 Å². The number of hydrogen-bond donors (Lipinski definition) is 0. The van der Waals surface area contributed by atoms with Crippen molar-refractivity contribution in [2.45, 2.75) is 20.4 Å². The maximum atomic E-state index is 4.17. The van der Waals surface area contributed by atoms with E-state index in [1.54, 1.807) is 0 Å². The minimum atomic E-state index is 0.798. The summed E-state index contributed by atoms with van der Waals surface area (Å²) in [4.78, 5) is 4.17. The molecule has 0 saturated heterocycles. The third kappa shape index (κ3) is 1.93. The summed E-state index contributed by atoms with van der Waals surface area (Å²) in [6.07, 6.45) is 1.83. The molecule has 0 atom stereocenters. The molecule has 1 aromatic rings. The van der Waals surface area contributed by atoms with Crippen LogP contribution >= 0.6 is 15.9 Å². The second-order valence-corrected chi connectivity index (χ2v) is 3.68. The molecule has 2 nitrogen and oxygen atoms in total. The summed E-state index contributed by atoms with van der Waals surface area (Å²) in [7, 11) is 0. The highest BCUT2D eigenvalue weighted by Gasteiger charge is 2.00. The molecule has 0 spiro atoms. The Labute approximate surface area is 75.1 Å². The smallest absolute Gasteiger partial charge is 0.0954 e. The van der Waals surface area contributed by atoms with E-state index >= 15 is 0 Å². The van der Waals surface area contributed by atoms with Gasteiger partial charge in [0.05, 0.1) is 18.6 Å². The summed E-state index contributed by atoms with van der Waals surface area (Å²) in [5.41, 5.74) is 2.28. The van der Waals surface area contributed by atoms with Crippen molar-refractivity contribution in [1.29, 1.82) is 0 Å². The molecule has 3 heteroatoms. The molecule has 1 aromatic heterocycles. The fourth-order valence-electron chi connectivity index (χ4n) is 0.888. The number of halogens is 1. The molecular weight excluding hydrogens is 204 g/mol. The first-order valence-electron chi connectivity index (χ1n) is 3.43. The van der Waals surface area contributed by atoms with Gasteiger partial charge in [0.2, 0.25) is 0 Å². The van der Waals surface area contributed by atoms with Crippen LogP contribution in [-0.2, 0) is 6.54 Å². The van der Waals surface area contributed by atoms with Gasteiger partial charge >= 0.3 is 0 Å². The molecule has 0 bridgehead atoms. The van der Waals surface area contributed by atoms with Crippen molar-refractivity contribution in [3.05, 3.63) is 28.8 Å². The Hall–Kier alpha value is -0.570. The van der Waals surface area contributed by atoms with Crippen molar-refractivity contribution in [2.24, 2.45) is 0 Å². The Morgan fingerprint density at radius 1 is 1.73 bits per heavy atom. The molecule has 0 aliphatic rings. The van der Waals surface area contributed by atoms with E-state index < -0.39 is 0 Å². The lowest BCUT2D eigenvalue weighted by Gasteiger charge is -2.02. The number of aryl methyl sites for hydroxylation is 1. The van der Waals surface area contributed by atoms with E-state index in [0.29, 0.717) is 0 Å². The summed E-state index contributed by atoms with van der Waals surface area (Å²) in [5, 5.41) is 0. The molecule has 0 amide bonds. The molecule has 60 valence electrons. The summed E-state index contributed by atoms with van der Waals surface area (Å²) in [5.74, 6) is 0. The second kappa shape index (κ2) is 3.22. The van der Waals surface area contributed by atoms with Crippen molar-refractivity contribution >= 4 is 15.9 Å². The molecule has 0 saturated carbocycles. The van der Waals surface area contributed by atoms with Gasteiger partial charge in [0.15, 0.2) is 0 Å². The van der Waals surface area contributed by atoms with Gasteiger partial charge in [-0.15, -0.1) is 0 Å². The molecule has 0 fully saturated rings. The zero-order valence-corrected chi connectivity index (χ0v) is 8.35. The zero-order chi connectivity index (χ0) is 8.43. The Morgan fingerprint density at radius 3 is 2.73 bits per heavy atom. The maximum absolute atomic E-state index is 4.17. The van der Waals surface area contributed by atoms with E-state index in [1.807, 2.05) is 13.3 Å². The fraction of sp³-hybridized carbons (Fsp3) is 0.375. The number of hydrogen-bond acceptors (Lipinski definition) is 1. The summed E-state index contributed by atoms with van der Waals surface area (Å²) in [6.45, 7) is 8.62. The SMILES string of the molecule is C=C(Br)Cn1cnc(C)c1C. The van der Waals surface area contributed by atoms with Gasteiger partial charge in [0.1, 0.15) is 0 Å². The van der Waals surface area contributed by atoms with Gasteiger partial charge < -0.3 is 4.57 Å². The van der Waals surface area contributed by atoms with Gasteiger partial charge in [-0.2, -0.15) is 0 Å². The molecule has 0 aliphatic heterocycles. The first kappa shape index (κ1) is 8.53. The summed E-state index contributed by atoms with van der Waals surface area (Å²) in [6, 6.07) is 0. The van der Waals surface area contributed by atoms with Gasteiger partial charge in [0.25, 0.3) is 0 Å². The van der Waals surface area contributed by atoms with Crippen molar-refractivity contribution in [2.75, 3.05) is 0 Å². The lowest BCUT2D eigenvalue weighted by atomic mass is 10.4. The summed E-state index contributed by atoms with van der Waals surface area (Å²) < 4.78 is 3.03. The molecule has 0 unspecified atom stereocenters. The average molecular weight is 215 g/mol. The van der Waals surface area contributed by atoms with Crippen LogP contribution in [0.3, 0.4) is 0 Å². The number of aromatic nitrogens is 2. The van der Waals surface area contributed by atoms with Crippen LogP contribution in [0.4, 0.5) is 0 Å². The van der Waals surface area contributed by atoms with E-state index in [2.05, 4.69) is 39.0 Å². The Bertz CT molecular complexity index is 276. The first-order chi connectivity index (χ1) is 5.11. The van der Waals surface area contributed by atoms with E-state index in [1.165, 1.54) is 5.69 Å². The van der Waals surface area contributed by atoms with Crippen LogP contribution in [0.5, 0.6) is 0 Å². The molecule has 0 N–H and O–H groups in total. The van der Waals surface area contributed by atoms with Crippen LogP contribution in [0.25, 0.3) is 0 Å². The predicted octanol–water partition coefficient (Wildman–Crippen LogP) is 2.41. The van der Waals surface area contributed by atoms with E-state index in [4.69, 9.17) is 0 Å². The van der Waals surface area contributed by atoms with Crippen LogP contribution in [-0.4, -0.2) is 9.55 Å². The lowest BCUT2D eigenvalue weighted by Crippen LogP contribution is -1.97. The molecule has 0 radical (unpaired) electrons. The Morgan fingerprint density at radius 2 is 2.36 bits per heavy atom. The number of rotatable bonds is 2. The second-order valence-electron chi connectivity index (χ2n) is 2.56. The van der Waals surface area contributed by atoms with Gasteiger partial charge in [0, 0.05) is 10.2 Å². The molecule has 1 rings (SSSR count). The normalized spacial score (nSPS) is 10.1. The van der Waals surface area contributed by atoms with Crippen LogP contribution in [0.1, 0.15) is 11.4 Å². The van der Waals surface area contributed by atoms with Gasteiger partial charge in [-0.05, 0) is 13.8 Å². The lowest BCUT2D eigenvalue weighted by molar-refractivity contribution is 0.784. The van der Waals surface area contributed by atoms with Crippen LogP contribution in [0.15, 0.2) is 17.4 Å². The highest BCUT2D eigenvalue weighted by molar-refractivity contribution is 9.11. The van der Waals surface area contributed by atoms with E-state index in [9.17, 15) is 0 Å². The standard InChI is InChI=1S/C8H11BrN2/c1-6(9)4-11-5-10-7(2)8(11)3/h5H,1,4H2,2-3H3. The monoisotopic (exact) mass is 214 g/mol. The van der Waals surface area contributed by atoms with Crippen LogP contribution in [0, 0.1) is 13.8 Å². The highest BCUT2D eigenvalue weighted by Crippen LogP contribution is 2.09. The molecule has 0 aromatic carbocycles. The van der Waals surface area contributed by atoms with Crippen LogP contribution < -0.4 is 0 Å². The third-order valence-corrected chi connectivity index (χ3v) is 1.94. The molecule has 11 heavy (non-hydrogen) atoms. The van der Waals surface area contributed by atoms with Crippen molar-refractivity contribution < 1.29 is 0 Å². The first-order valence-corrected chi connectivity index (χ1v) is 4.22. The van der Waals surface area contributed by atoms with Gasteiger partial charge in [-0.1, -0.05) is 22.5 Å². The van der Waals surface area contributed by atoms with E-state index in [0.717, 1.165) is 16.7 Å². The number of nitrogens with zero attached hydrogens (tertiary/aromatic N) is 2. The minimum absolute atomic E-state index is 0.798. The number of allylic oxidation sites excluding steroid dienone is 1. The van der Waals surface area contributed by atoms with Crippen molar-refractivity contribution in [1.82, 2.24) is 9.55 Å². The fourth-order valence-corrected chi connectivity index (χ4v) is 1.16. The largest absolute Gasteiger partial charge is 0.330 e. The zero-order valence-electron chi connectivity index (χ0n) is 6.76. The van der Waals surface area contributed by atoms with E-state index in [-0.39, 0.29) is 0 Å². The maximum Gasteiger partial charge on any atom is 0.0954 e. The summed E-state index contributed by atoms with van der Waals surface area (Å²) >= 11 is 3.31. The number of imidazole rings is 1. The molecule has 0 aliphatic carbocycles. The molecular formula is C8H11BrN2.